The van der Waals surface area contributed by atoms with Crippen LogP contribution in [0.4, 0.5) is 14.5 Å². The van der Waals surface area contributed by atoms with Crippen molar-refractivity contribution in [1.82, 2.24) is 4.90 Å². The van der Waals surface area contributed by atoms with Crippen LogP contribution >= 0.6 is 0 Å². The van der Waals surface area contributed by atoms with Gasteiger partial charge in [-0.15, -0.1) is 0 Å². The number of nitrogens with zero attached hydrogens (tertiary/aromatic N) is 1. The third kappa shape index (κ3) is 3.91. The molecule has 0 fully saturated rings. The van der Waals surface area contributed by atoms with E-state index in [4.69, 9.17) is 0 Å². The Balaban J connectivity index is 2.35. The van der Waals surface area contributed by atoms with Crippen LogP contribution in [0.25, 0.3) is 0 Å². The summed E-state index contributed by atoms with van der Waals surface area (Å²) in [5.41, 5.74) is 2.10. The minimum absolute atomic E-state index is 0.0515. The molecular weight excluding hydrogens is 334 g/mol. The standard InChI is InChI=1S/C17H20F2N2O2S/c1-11-5-8-15(17(19)16(11)18)24(22,23)20-14-7-6-13(9-12(14)2)10-21(3)4/h5-9,20H,10H2,1-4H3. The van der Waals surface area contributed by atoms with E-state index < -0.39 is 26.6 Å². The predicted octanol–water partition coefficient (Wildman–Crippen LogP) is 3.44. The molecule has 7 heteroatoms. The number of anilines is 1. The van der Waals surface area contributed by atoms with Crippen LogP contribution in [0.15, 0.2) is 35.2 Å². The Kier molecular flexibility index (Phi) is 5.25. The van der Waals surface area contributed by atoms with Crippen LogP contribution in [0.5, 0.6) is 0 Å². The molecule has 24 heavy (non-hydrogen) atoms. The van der Waals surface area contributed by atoms with Gasteiger partial charge in [0.05, 0.1) is 5.69 Å². The summed E-state index contributed by atoms with van der Waals surface area (Å²) in [6.07, 6.45) is 0. The molecule has 0 heterocycles. The van der Waals surface area contributed by atoms with Crippen molar-refractivity contribution >= 4 is 15.7 Å². The summed E-state index contributed by atoms with van der Waals surface area (Å²) < 4.78 is 54.7. The van der Waals surface area contributed by atoms with E-state index in [2.05, 4.69) is 4.72 Å². The SMILES string of the molecule is Cc1cc(CN(C)C)ccc1NS(=O)(=O)c1ccc(C)c(F)c1F. The number of rotatable bonds is 5. The summed E-state index contributed by atoms with van der Waals surface area (Å²) in [4.78, 5) is 1.28. The van der Waals surface area contributed by atoms with Gasteiger partial charge in [0.2, 0.25) is 0 Å². The Morgan fingerprint density at radius 1 is 1.00 bits per heavy atom. The van der Waals surface area contributed by atoms with Crippen molar-refractivity contribution in [3.8, 4) is 0 Å². The molecule has 4 nitrogen and oxygen atoms in total. The van der Waals surface area contributed by atoms with E-state index in [1.54, 1.807) is 19.1 Å². The number of hydrogen-bond acceptors (Lipinski definition) is 3. The van der Waals surface area contributed by atoms with Gasteiger partial charge in [-0.2, -0.15) is 0 Å². The Labute approximate surface area is 141 Å². The Bertz CT molecular complexity index is 865. The minimum atomic E-state index is -4.22. The molecule has 0 spiro atoms. The molecule has 0 atom stereocenters. The highest BCUT2D eigenvalue weighted by atomic mass is 32.2. The van der Waals surface area contributed by atoms with E-state index in [1.165, 1.54) is 13.0 Å². The lowest BCUT2D eigenvalue weighted by Crippen LogP contribution is -2.17. The summed E-state index contributed by atoms with van der Waals surface area (Å²) >= 11 is 0. The van der Waals surface area contributed by atoms with Crippen LogP contribution < -0.4 is 4.72 Å². The average Bonchev–Trinajstić information content (AvgIpc) is 2.46. The van der Waals surface area contributed by atoms with E-state index in [9.17, 15) is 17.2 Å². The van der Waals surface area contributed by atoms with Gasteiger partial charge in [-0.25, -0.2) is 17.2 Å². The number of nitrogens with one attached hydrogen (secondary N) is 1. The molecule has 2 aromatic carbocycles. The van der Waals surface area contributed by atoms with Crippen molar-refractivity contribution in [1.29, 1.82) is 0 Å². The minimum Gasteiger partial charge on any atom is -0.305 e. The van der Waals surface area contributed by atoms with Crippen molar-refractivity contribution in [2.75, 3.05) is 18.8 Å². The highest BCUT2D eigenvalue weighted by Crippen LogP contribution is 2.25. The predicted molar refractivity (Wildman–Crippen MR) is 90.5 cm³/mol. The maximum Gasteiger partial charge on any atom is 0.264 e. The number of hydrogen-bond donors (Lipinski definition) is 1. The number of benzene rings is 2. The quantitative estimate of drug-likeness (QED) is 0.895. The van der Waals surface area contributed by atoms with Gasteiger partial charge in [-0.05, 0) is 56.8 Å². The summed E-state index contributed by atoms with van der Waals surface area (Å²) in [7, 11) is -0.355. The molecule has 0 amide bonds. The summed E-state index contributed by atoms with van der Waals surface area (Å²) in [5, 5.41) is 0. The Morgan fingerprint density at radius 3 is 2.25 bits per heavy atom. The molecule has 0 aliphatic rings. The van der Waals surface area contributed by atoms with Gasteiger partial charge in [0, 0.05) is 6.54 Å². The smallest absolute Gasteiger partial charge is 0.264 e. The van der Waals surface area contributed by atoms with Crippen LogP contribution in [-0.4, -0.2) is 27.4 Å². The van der Waals surface area contributed by atoms with Gasteiger partial charge < -0.3 is 4.90 Å². The van der Waals surface area contributed by atoms with Gasteiger partial charge in [0.15, 0.2) is 11.6 Å². The zero-order chi connectivity index (χ0) is 18.1. The Hall–Kier alpha value is -1.99. The van der Waals surface area contributed by atoms with Gasteiger partial charge >= 0.3 is 0 Å². The van der Waals surface area contributed by atoms with E-state index in [1.807, 2.05) is 25.1 Å². The lowest BCUT2D eigenvalue weighted by atomic mass is 10.1. The van der Waals surface area contributed by atoms with E-state index >= 15 is 0 Å². The largest absolute Gasteiger partial charge is 0.305 e. The molecule has 0 radical (unpaired) electrons. The highest BCUT2D eigenvalue weighted by Gasteiger charge is 2.23. The molecule has 0 saturated carbocycles. The van der Waals surface area contributed by atoms with Crippen LogP contribution in [0, 0.1) is 25.5 Å². The second-order valence-corrected chi connectivity index (χ2v) is 7.65. The van der Waals surface area contributed by atoms with Gasteiger partial charge in [0.25, 0.3) is 10.0 Å². The maximum atomic E-state index is 14.0. The van der Waals surface area contributed by atoms with E-state index in [-0.39, 0.29) is 5.56 Å². The molecule has 2 rings (SSSR count). The molecule has 0 saturated heterocycles. The van der Waals surface area contributed by atoms with Gasteiger partial charge in [0.1, 0.15) is 4.90 Å². The van der Waals surface area contributed by atoms with E-state index in [0.29, 0.717) is 17.8 Å². The van der Waals surface area contributed by atoms with Crippen LogP contribution in [0.3, 0.4) is 0 Å². The maximum absolute atomic E-state index is 14.0. The second kappa shape index (κ2) is 6.86. The molecule has 1 N–H and O–H groups in total. The van der Waals surface area contributed by atoms with Crippen LogP contribution in [0.2, 0.25) is 0 Å². The molecule has 0 bridgehead atoms. The van der Waals surface area contributed by atoms with Crippen molar-refractivity contribution < 1.29 is 17.2 Å². The van der Waals surface area contributed by atoms with Crippen molar-refractivity contribution in [2.45, 2.75) is 25.3 Å². The first-order valence-electron chi connectivity index (χ1n) is 7.33. The third-order valence-electron chi connectivity index (χ3n) is 3.56. The monoisotopic (exact) mass is 354 g/mol. The fraction of sp³-hybridized carbons (Fsp3) is 0.294. The number of aryl methyl sites for hydroxylation is 2. The molecule has 0 unspecified atom stereocenters. The normalized spacial score (nSPS) is 11.8. The second-order valence-electron chi connectivity index (χ2n) is 6.00. The van der Waals surface area contributed by atoms with E-state index in [0.717, 1.165) is 11.6 Å². The fourth-order valence-electron chi connectivity index (χ4n) is 2.34. The summed E-state index contributed by atoms with van der Waals surface area (Å²) in [5.74, 6) is -2.53. The summed E-state index contributed by atoms with van der Waals surface area (Å²) in [6, 6.07) is 7.56. The van der Waals surface area contributed by atoms with Crippen LogP contribution in [0.1, 0.15) is 16.7 Å². The molecule has 0 aliphatic heterocycles. The average molecular weight is 354 g/mol. The topological polar surface area (TPSA) is 49.4 Å². The fourth-order valence-corrected chi connectivity index (χ4v) is 3.54. The number of sulfonamides is 1. The first-order valence-corrected chi connectivity index (χ1v) is 8.82. The third-order valence-corrected chi connectivity index (χ3v) is 4.95. The van der Waals surface area contributed by atoms with Crippen molar-refractivity contribution in [3.63, 3.8) is 0 Å². The van der Waals surface area contributed by atoms with Gasteiger partial charge in [-0.3, -0.25) is 4.72 Å². The van der Waals surface area contributed by atoms with Crippen LogP contribution in [-0.2, 0) is 16.6 Å². The first kappa shape index (κ1) is 18.4. The lowest BCUT2D eigenvalue weighted by molar-refractivity contribution is 0.402. The van der Waals surface area contributed by atoms with Crippen molar-refractivity contribution in [2.24, 2.45) is 0 Å². The number of halogens is 2. The van der Waals surface area contributed by atoms with Crippen molar-refractivity contribution in [3.05, 3.63) is 58.7 Å². The highest BCUT2D eigenvalue weighted by molar-refractivity contribution is 7.92. The van der Waals surface area contributed by atoms with Gasteiger partial charge in [-0.1, -0.05) is 18.2 Å². The Morgan fingerprint density at radius 2 is 1.67 bits per heavy atom. The zero-order valence-corrected chi connectivity index (χ0v) is 14.8. The molecule has 2 aromatic rings. The molecule has 0 aromatic heterocycles. The molecular formula is C17H20F2N2O2S. The molecule has 0 aliphatic carbocycles. The zero-order valence-electron chi connectivity index (χ0n) is 14.0. The lowest BCUT2D eigenvalue weighted by Gasteiger charge is -2.14. The first-order chi connectivity index (χ1) is 11.1. The molecule has 130 valence electrons. The summed E-state index contributed by atoms with van der Waals surface area (Å²) in [6.45, 7) is 3.84.